The normalized spacial score (nSPS) is 14.4. The minimum absolute atomic E-state index is 1.04. The van der Waals surface area contributed by atoms with Crippen LogP contribution in [-0.4, -0.2) is 9.78 Å². The van der Waals surface area contributed by atoms with Crippen LogP contribution in [0.4, 0.5) is 11.4 Å². The smallest absolute Gasteiger partial charge is 0.0770 e. The predicted molar refractivity (Wildman–Crippen MR) is 69.6 cm³/mol. The Bertz CT molecular complexity index is 528. The molecule has 1 aliphatic rings. The molecule has 0 radical (unpaired) electrons. The lowest BCUT2D eigenvalue weighted by atomic mass is 9.91. The lowest BCUT2D eigenvalue weighted by molar-refractivity contribution is 0.686. The molecule has 1 aromatic heterocycles. The van der Waals surface area contributed by atoms with Crippen molar-refractivity contribution in [3.63, 3.8) is 0 Å². The molecule has 0 fully saturated rings. The van der Waals surface area contributed by atoms with Crippen LogP contribution in [0.25, 0.3) is 0 Å². The van der Waals surface area contributed by atoms with Crippen molar-refractivity contribution in [2.24, 2.45) is 7.05 Å². The molecular weight excluding hydrogens is 210 g/mol. The third kappa shape index (κ3) is 2.18. The van der Waals surface area contributed by atoms with Crippen molar-refractivity contribution >= 4 is 11.4 Å². The van der Waals surface area contributed by atoms with Crippen molar-refractivity contribution < 1.29 is 0 Å². The van der Waals surface area contributed by atoms with E-state index in [1.54, 1.807) is 4.68 Å². The molecule has 3 nitrogen and oxygen atoms in total. The van der Waals surface area contributed by atoms with Crippen LogP contribution in [0.15, 0.2) is 30.6 Å². The Labute approximate surface area is 101 Å². The van der Waals surface area contributed by atoms with Crippen LogP contribution in [0.3, 0.4) is 0 Å². The number of benzene rings is 1. The zero-order valence-corrected chi connectivity index (χ0v) is 10.1. The van der Waals surface area contributed by atoms with Crippen molar-refractivity contribution in [1.29, 1.82) is 0 Å². The largest absolute Gasteiger partial charge is 0.353 e. The molecule has 1 aromatic carbocycles. The Balaban J connectivity index is 1.84. The molecule has 3 rings (SSSR count). The van der Waals surface area contributed by atoms with Gasteiger partial charge in [-0.05, 0) is 48.9 Å². The summed E-state index contributed by atoms with van der Waals surface area (Å²) in [5, 5.41) is 7.55. The van der Waals surface area contributed by atoms with Crippen LogP contribution in [0, 0.1) is 0 Å². The van der Waals surface area contributed by atoms with E-state index in [9.17, 15) is 0 Å². The fourth-order valence-corrected chi connectivity index (χ4v) is 2.46. The van der Waals surface area contributed by atoms with E-state index in [0.717, 1.165) is 5.69 Å². The minimum Gasteiger partial charge on any atom is -0.353 e. The summed E-state index contributed by atoms with van der Waals surface area (Å²) in [7, 11) is 1.93. The number of nitrogens with zero attached hydrogens (tertiary/aromatic N) is 2. The highest BCUT2D eigenvalue weighted by atomic mass is 15.3. The maximum Gasteiger partial charge on any atom is 0.0770 e. The van der Waals surface area contributed by atoms with Gasteiger partial charge in [0.05, 0.1) is 11.9 Å². The molecule has 0 bridgehead atoms. The monoisotopic (exact) mass is 227 g/mol. The van der Waals surface area contributed by atoms with Crippen LogP contribution in [0.5, 0.6) is 0 Å². The van der Waals surface area contributed by atoms with Gasteiger partial charge >= 0.3 is 0 Å². The Hall–Kier alpha value is -1.77. The second-order valence-corrected chi connectivity index (χ2v) is 4.72. The van der Waals surface area contributed by atoms with Gasteiger partial charge in [0.1, 0.15) is 0 Å². The van der Waals surface area contributed by atoms with E-state index in [1.807, 2.05) is 19.4 Å². The summed E-state index contributed by atoms with van der Waals surface area (Å²) >= 11 is 0. The first-order valence-electron chi connectivity index (χ1n) is 6.19. The molecule has 0 saturated heterocycles. The quantitative estimate of drug-likeness (QED) is 0.854. The zero-order chi connectivity index (χ0) is 11.7. The van der Waals surface area contributed by atoms with Crippen LogP contribution in [-0.2, 0) is 19.9 Å². The Kier molecular flexibility index (Phi) is 2.59. The molecule has 0 unspecified atom stereocenters. The first kappa shape index (κ1) is 10.4. The summed E-state index contributed by atoms with van der Waals surface area (Å²) in [6, 6.07) is 6.70. The number of hydrogen-bond donors (Lipinski definition) is 1. The molecule has 2 aromatic rings. The number of aryl methyl sites for hydroxylation is 3. The lowest BCUT2D eigenvalue weighted by Gasteiger charge is -2.16. The average Bonchev–Trinajstić information content (AvgIpc) is 2.75. The number of fused-ring (bicyclic) bond motifs is 1. The van der Waals surface area contributed by atoms with Crippen LogP contribution < -0.4 is 5.32 Å². The SMILES string of the molecule is Cn1cc(Nc2ccc3c(c2)CCCC3)cn1. The number of nitrogens with one attached hydrogen (secondary N) is 1. The predicted octanol–water partition coefficient (Wildman–Crippen LogP) is 3.04. The second kappa shape index (κ2) is 4.24. The van der Waals surface area contributed by atoms with Crippen molar-refractivity contribution in [3.05, 3.63) is 41.7 Å². The molecule has 1 heterocycles. The van der Waals surface area contributed by atoms with Gasteiger partial charge in [-0.1, -0.05) is 6.07 Å². The average molecular weight is 227 g/mol. The maximum atomic E-state index is 4.15. The standard InChI is InChI=1S/C14H17N3/c1-17-10-14(9-15-17)16-13-7-6-11-4-2-3-5-12(11)8-13/h6-10,16H,2-5H2,1H3. The molecule has 17 heavy (non-hydrogen) atoms. The summed E-state index contributed by atoms with van der Waals surface area (Å²) in [4.78, 5) is 0. The van der Waals surface area contributed by atoms with Crippen molar-refractivity contribution in [2.75, 3.05) is 5.32 Å². The third-order valence-corrected chi connectivity index (χ3v) is 3.34. The molecule has 0 saturated carbocycles. The first-order valence-corrected chi connectivity index (χ1v) is 6.19. The zero-order valence-electron chi connectivity index (χ0n) is 10.1. The number of hydrogen-bond acceptors (Lipinski definition) is 2. The topological polar surface area (TPSA) is 29.9 Å². The van der Waals surface area contributed by atoms with Crippen molar-refractivity contribution in [3.8, 4) is 0 Å². The Morgan fingerprint density at radius 2 is 1.94 bits per heavy atom. The van der Waals surface area contributed by atoms with Gasteiger partial charge in [0.2, 0.25) is 0 Å². The van der Waals surface area contributed by atoms with E-state index >= 15 is 0 Å². The van der Waals surface area contributed by atoms with Gasteiger partial charge in [0.25, 0.3) is 0 Å². The summed E-state index contributed by atoms with van der Waals surface area (Å²) in [6.45, 7) is 0. The van der Waals surface area contributed by atoms with Gasteiger partial charge in [0, 0.05) is 18.9 Å². The summed E-state index contributed by atoms with van der Waals surface area (Å²) in [5.41, 5.74) is 5.24. The van der Waals surface area contributed by atoms with Crippen LogP contribution in [0.2, 0.25) is 0 Å². The highest BCUT2D eigenvalue weighted by Gasteiger charge is 2.09. The minimum atomic E-state index is 1.04. The van der Waals surface area contributed by atoms with Crippen molar-refractivity contribution in [1.82, 2.24) is 9.78 Å². The lowest BCUT2D eigenvalue weighted by Crippen LogP contribution is -2.03. The molecule has 0 amide bonds. The first-order chi connectivity index (χ1) is 8.31. The molecule has 1 N–H and O–H groups in total. The van der Waals surface area contributed by atoms with Gasteiger partial charge in [-0.2, -0.15) is 5.10 Å². The van der Waals surface area contributed by atoms with Gasteiger partial charge in [-0.15, -0.1) is 0 Å². The number of anilines is 2. The highest BCUT2D eigenvalue weighted by Crippen LogP contribution is 2.25. The van der Waals surface area contributed by atoms with Crippen molar-refractivity contribution in [2.45, 2.75) is 25.7 Å². The fourth-order valence-electron chi connectivity index (χ4n) is 2.46. The van der Waals surface area contributed by atoms with Gasteiger partial charge in [0.15, 0.2) is 0 Å². The van der Waals surface area contributed by atoms with E-state index in [1.165, 1.54) is 42.5 Å². The molecule has 3 heteroatoms. The van der Waals surface area contributed by atoms with Crippen LogP contribution >= 0.6 is 0 Å². The molecule has 0 atom stereocenters. The third-order valence-electron chi connectivity index (χ3n) is 3.34. The molecular formula is C14H17N3. The van der Waals surface area contributed by atoms with E-state index in [0.29, 0.717) is 0 Å². The van der Waals surface area contributed by atoms with E-state index in [2.05, 4.69) is 28.6 Å². The van der Waals surface area contributed by atoms with Gasteiger partial charge in [-0.25, -0.2) is 0 Å². The molecule has 88 valence electrons. The Morgan fingerprint density at radius 1 is 1.12 bits per heavy atom. The summed E-state index contributed by atoms with van der Waals surface area (Å²) in [5.74, 6) is 0. The summed E-state index contributed by atoms with van der Waals surface area (Å²) in [6.07, 6.45) is 8.95. The second-order valence-electron chi connectivity index (χ2n) is 4.72. The highest BCUT2D eigenvalue weighted by molar-refractivity contribution is 5.60. The van der Waals surface area contributed by atoms with Gasteiger partial charge in [-0.3, -0.25) is 4.68 Å². The van der Waals surface area contributed by atoms with Crippen LogP contribution in [0.1, 0.15) is 24.0 Å². The molecule has 0 aliphatic heterocycles. The van der Waals surface area contributed by atoms with Gasteiger partial charge < -0.3 is 5.32 Å². The molecule has 1 aliphatic carbocycles. The summed E-state index contributed by atoms with van der Waals surface area (Å²) < 4.78 is 1.81. The van der Waals surface area contributed by atoms with E-state index in [4.69, 9.17) is 0 Å². The van der Waals surface area contributed by atoms with E-state index in [-0.39, 0.29) is 0 Å². The number of rotatable bonds is 2. The van der Waals surface area contributed by atoms with E-state index < -0.39 is 0 Å². The molecule has 0 spiro atoms. The maximum absolute atomic E-state index is 4.15. The Morgan fingerprint density at radius 3 is 2.71 bits per heavy atom. The number of aromatic nitrogens is 2. The fraction of sp³-hybridized carbons (Fsp3) is 0.357.